The van der Waals surface area contributed by atoms with Crippen LogP contribution in [0.1, 0.15) is 51.3 Å². The highest BCUT2D eigenvalue weighted by atomic mass is 16.2. The Morgan fingerprint density at radius 3 is 2.62 bits per heavy atom. The molecule has 0 unspecified atom stereocenters. The SMILES string of the molecule is CCc1nc2ccccc2n1CC(=O)NC1CCN(C2CCCC2)CC1. The number of nitrogens with one attached hydrogen (secondary N) is 1. The van der Waals surface area contributed by atoms with Gasteiger partial charge in [0.1, 0.15) is 12.4 Å². The van der Waals surface area contributed by atoms with Crippen LogP contribution in [0.4, 0.5) is 0 Å². The predicted molar refractivity (Wildman–Crippen MR) is 104 cm³/mol. The Hall–Kier alpha value is -1.88. The minimum Gasteiger partial charge on any atom is -0.352 e. The minimum absolute atomic E-state index is 0.113. The quantitative estimate of drug-likeness (QED) is 0.897. The first kappa shape index (κ1) is 17.5. The second-order valence-corrected chi connectivity index (χ2v) is 7.77. The number of hydrogen-bond donors (Lipinski definition) is 1. The number of aryl methyl sites for hydroxylation is 1. The summed E-state index contributed by atoms with van der Waals surface area (Å²) in [6, 6.07) is 9.20. The van der Waals surface area contributed by atoms with E-state index in [1.165, 1.54) is 25.7 Å². The van der Waals surface area contributed by atoms with Crippen LogP contribution in [0.5, 0.6) is 0 Å². The first-order valence-electron chi connectivity index (χ1n) is 10.2. The molecule has 140 valence electrons. The summed E-state index contributed by atoms with van der Waals surface area (Å²) >= 11 is 0. The number of benzene rings is 1. The highest BCUT2D eigenvalue weighted by Crippen LogP contribution is 2.26. The van der Waals surface area contributed by atoms with E-state index in [4.69, 9.17) is 0 Å². The smallest absolute Gasteiger partial charge is 0.240 e. The maximum absolute atomic E-state index is 12.7. The van der Waals surface area contributed by atoms with Crippen LogP contribution < -0.4 is 5.32 Å². The molecule has 26 heavy (non-hydrogen) atoms. The van der Waals surface area contributed by atoms with Gasteiger partial charge >= 0.3 is 0 Å². The number of aromatic nitrogens is 2. The molecule has 4 rings (SSSR count). The normalized spacial score (nSPS) is 20.0. The molecule has 0 bridgehead atoms. The number of para-hydroxylation sites is 2. The molecule has 2 aliphatic rings. The van der Waals surface area contributed by atoms with Crippen molar-refractivity contribution >= 4 is 16.9 Å². The minimum atomic E-state index is 0.113. The molecule has 2 fully saturated rings. The largest absolute Gasteiger partial charge is 0.352 e. The van der Waals surface area contributed by atoms with Gasteiger partial charge in [-0.3, -0.25) is 4.79 Å². The third-order valence-corrected chi connectivity index (χ3v) is 6.09. The van der Waals surface area contributed by atoms with Crippen molar-refractivity contribution in [1.29, 1.82) is 0 Å². The number of nitrogens with zero attached hydrogens (tertiary/aromatic N) is 3. The first-order chi connectivity index (χ1) is 12.7. The van der Waals surface area contributed by atoms with Crippen molar-refractivity contribution in [3.63, 3.8) is 0 Å². The van der Waals surface area contributed by atoms with Crippen molar-refractivity contribution in [3.8, 4) is 0 Å². The van der Waals surface area contributed by atoms with Gasteiger partial charge in [-0.2, -0.15) is 0 Å². The summed E-state index contributed by atoms with van der Waals surface area (Å²) in [5.74, 6) is 1.10. The van der Waals surface area contributed by atoms with Gasteiger partial charge in [-0.15, -0.1) is 0 Å². The molecule has 2 heterocycles. The summed E-state index contributed by atoms with van der Waals surface area (Å²) in [7, 11) is 0. The molecule has 0 radical (unpaired) electrons. The lowest BCUT2D eigenvalue weighted by molar-refractivity contribution is -0.122. The molecule has 1 N–H and O–H groups in total. The molecule has 2 aromatic rings. The topological polar surface area (TPSA) is 50.2 Å². The van der Waals surface area contributed by atoms with Gasteiger partial charge < -0.3 is 14.8 Å². The molecular weight excluding hydrogens is 324 g/mol. The lowest BCUT2D eigenvalue weighted by atomic mass is 10.0. The Morgan fingerprint density at radius 1 is 1.15 bits per heavy atom. The Morgan fingerprint density at radius 2 is 1.88 bits per heavy atom. The average Bonchev–Trinajstić information content (AvgIpc) is 3.31. The van der Waals surface area contributed by atoms with E-state index in [2.05, 4.69) is 32.8 Å². The maximum Gasteiger partial charge on any atom is 0.240 e. The molecule has 1 saturated carbocycles. The second-order valence-electron chi connectivity index (χ2n) is 7.77. The zero-order valence-electron chi connectivity index (χ0n) is 15.8. The van der Waals surface area contributed by atoms with Crippen molar-refractivity contribution in [2.45, 2.75) is 70.5 Å². The summed E-state index contributed by atoms with van der Waals surface area (Å²) in [5.41, 5.74) is 2.03. The molecule has 5 heteroatoms. The van der Waals surface area contributed by atoms with Crippen molar-refractivity contribution in [2.75, 3.05) is 13.1 Å². The number of hydrogen-bond acceptors (Lipinski definition) is 3. The molecule has 1 saturated heterocycles. The standard InChI is InChI=1S/C21H30N4O/c1-2-20-23-18-9-5-6-10-19(18)25(20)15-21(26)22-16-11-13-24(14-12-16)17-7-3-4-8-17/h5-6,9-10,16-17H,2-4,7-8,11-15H2,1H3,(H,22,26). The molecule has 0 spiro atoms. The lowest BCUT2D eigenvalue weighted by Gasteiger charge is -2.36. The van der Waals surface area contributed by atoms with E-state index >= 15 is 0 Å². The van der Waals surface area contributed by atoms with Gasteiger partial charge in [0, 0.05) is 31.6 Å². The van der Waals surface area contributed by atoms with Gasteiger partial charge in [0.15, 0.2) is 0 Å². The summed E-state index contributed by atoms with van der Waals surface area (Å²) in [6.07, 6.45) is 8.50. The third kappa shape index (κ3) is 3.63. The van der Waals surface area contributed by atoms with Crippen LogP contribution in [-0.2, 0) is 17.8 Å². The number of rotatable bonds is 5. The van der Waals surface area contributed by atoms with E-state index in [1.807, 2.05) is 18.2 Å². The molecule has 1 amide bonds. The fourth-order valence-electron chi connectivity index (χ4n) is 4.67. The van der Waals surface area contributed by atoms with Gasteiger partial charge in [-0.1, -0.05) is 31.9 Å². The van der Waals surface area contributed by atoms with E-state index in [-0.39, 0.29) is 5.91 Å². The number of carbonyl (C=O) groups excluding carboxylic acids is 1. The monoisotopic (exact) mass is 354 g/mol. The van der Waals surface area contributed by atoms with Gasteiger partial charge in [0.25, 0.3) is 0 Å². The van der Waals surface area contributed by atoms with E-state index in [0.717, 1.165) is 55.3 Å². The average molecular weight is 354 g/mol. The second kappa shape index (κ2) is 7.78. The maximum atomic E-state index is 12.7. The molecular formula is C21H30N4O. The zero-order chi connectivity index (χ0) is 17.9. The Balaban J connectivity index is 1.35. The number of carbonyl (C=O) groups is 1. The van der Waals surface area contributed by atoms with Crippen LogP contribution in [0, 0.1) is 0 Å². The molecule has 1 aliphatic carbocycles. The molecule has 1 aromatic heterocycles. The van der Waals surface area contributed by atoms with Crippen LogP contribution in [0.3, 0.4) is 0 Å². The van der Waals surface area contributed by atoms with Gasteiger partial charge in [-0.05, 0) is 37.8 Å². The molecule has 1 aromatic carbocycles. The number of imidazole rings is 1. The van der Waals surface area contributed by atoms with E-state index in [0.29, 0.717) is 12.6 Å². The first-order valence-corrected chi connectivity index (χ1v) is 10.2. The molecule has 0 atom stereocenters. The highest BCUT2D eigenvalue weighted by Gasteiger charge is 2.27. The summed E-state index contributed by atoms with van der Waals surface area (Å²) < 4.78 is 2.07. The highest BCUT2D eigenvalue weighted by molar-refractivity contribution is 5.81. The predicted octanol–water partition coefficient (Wildman–Crippen LogP) is 3.12. The van der Waals surface area contributed by atoms with Gasteiger partial charge in [0.2, 0.25) is 5.91 Å². The Bertz CT molecular complexity index is 754. The van der Waals surface area contributed by atoms with Crippen LogP contribution in [0.2, 0.25) is 0 Å². The lowest BCUT2D eigenvalue weighted by Crippen LogP contribution is -2.48. The zero-order valence-corrected chi connectivity index (χ0v) is 15.8. The van der Waals surface area contributed by atoms with Crippen molar-refractivity contribution < 1.29 is 4.79 Å². The van der Waals surface area contributed by atoms with E-state index in [1.54, 1.807) is 0 Å². The van der Waals surface area contributed by atoms with E-state index in [9.17, 15) is 4.79 Å². The van der Waals surface area contributed by atoms with Crippen molar-refractivity contribution in [3.05, 3.63) is 30.1 Å². The van der Waals surface area contributed by atoms with Crippen LogP contribution >= 0.6 is 0 Å². The number of fused-ring (bicyclic) bond motifs is 1. The number of amides is 1. The number of piperidine rings is 1. The number of likely N-dealkylation sites (tertiary alicyclic amines) is 1. The fraction of sp³-hybridized carbons (Fsp3) is 0.619. The Labute approximate surface area is 155 Å². The third-order valence-electron chi connectivity index (χ3n) is 6.09. The van der Waals surface area contributed by atoms with Gasteiger partial charge in [-0.25, -0.2) is 4.98 Å². The van der Waals surface area contributed by atoms with E-state index < -0.39 is 0 Å². The summed E-state index contributed by atoms with van der Waals surface area (Å²) in [4.78, 5) is 20.0. The molecule has 1 aliphatic heterocycles. The van der Waals surface area contributed by atoms with Crippen molar-refractivity contribution in [1.82, 2.24) is 19.8 Å². The van der Waals surface area contributed by atoms with Crippen molar-refractivity contribution in [2.24, 2.45) is 0 Å². The van der Waals surface area contributed by atoms with Crippen LogP contribution in [-0.4, -0.2) is 45.5 Å². The fourth-order valence-corrected chi connectivity index (χ4v) is 4.67. The summed E-state index contributed by atoms with van der Waals surface area (Å²) in [6.45, 7) is 4.72. The molecule has 5 nitrogen and oxygen atoms in total. The van der Waals surface area contributed by atoms with Gasteiger partial charge in [0.05, 0.1) is 11.0 Å². The van der Waals surface area contributed by atoms with Crippen LogP contribution in [0.25, 0.3) is 11.0 Å². The van der Waals surface area contributed by atoms with Crippen LogP contribution in [0.15, 0.2) is 24.3 Å². The Kier molecular flexibility index (Phi) is 5.25. The summed E-state index contributed by atoms with van der Waals surface area (Å²) in [5, 5.41) is 3.27.